The van der Waals surface area contributed by atoms with Gasteiger partial charge in [0.1, 0.15) is 5.75 Å². The molecule has 1 aliphatic heterocycles. The minimum absolute atomic E-state index is 0.250. The van der Waals surface area contributed by atoms with Crippen LogP contribution in [0.4, 0.5) is 0 Å². The van der Waals surface area contributed by atoms with Crippen molar-refractivity contribution in [3.8, 4) is 5.75 Å². The number of aromatic hydroxyl groups is 1. The average Bonchev–Trinajstić information content (AvgIpc) is 2.81. The number of hydrogen-bond acceptors (Lipinski definition) is 3. The molecule has 3 rings (SSSR count). The van der Waals surface area contributed by atoms with Crippen molar-refractivity contribution in [1.82, 2.24) is 0 Å². The van der Waals surface area contributed by atoms with Crippen molar-refractivity contribution in [2.45, 2.75) is 26.9 Å². The van der Waals surface area contributed by atoms with Crippen LogP contribution < -0.4 is 0 Å². The zero-order chi connectivity index (χ0) is 14.4. The Morgan fingerprint density at radius 2 is 1.65 bits per heavy atom. The number of phenols is 1. The molecule has 1 heterocycles. The van der Waals surface area contributed by atoms with E-state index in [1.165, 1.54) is 0 Å². The molecule has 0 saturated carbocycles. The maximum atomic E-state index is 12.2. The van der Waals surface area contributed by atoms with E-state index in [2.05, 4.69) is 0 Å². The van der Waals surface area contributed by atoms with Crippen LogP contribution in [0.3, 0.4) is 0 Å². The zero-order valence-corrected chi connectivity index (χ0v) is 11.7. The van der Waals surface area contributed by atoms with Crippen molar-refractivity contribution < 1.29 is 14.6 Å². The lowest BCUT2D eigenvalue weighted by Crippen LogP contribution is -2.02. The number of phenolic OH excluding ortho intramolecular Hbond substituents is 1. The third-order valence-electron chi connectivity index (χ3n) is 4.11. The van der Waals surface area contributed by atoms with Crippen molar-refractivity contribution in [2.75, 3.05) is 0 Å². The Morgan fingerprint density at radius 3 is 2.30 bits per heavy atom. The molecule has 2 aromatic rings. The van der Waals surface area contributed by atoms with Crippen molar-refractivity contribution in [2.24, 2.45) is 0 Å². The number of cyclic esters (lactones) is 1. The first kappa shape index (κ1) is 12.7. The summed E-state index contributed by atoms with van der Waals surface area (Å²) in [6, 6.07) is 9.61. The van der Waals surface area contributed by atoms with Crippen molar-refractivity contribution >= 4 is 5.97 Å². The van der Waals surface area contributed by atoms with Gasteiger partial charge in [-0.3, -0.25) is 0 Å². The molecule has 1 unspecified atom stereocenters. The number of esters is 1. The first-order valence-corrected chi connectivity index (χ1v) is 6.61. The van der Waals surface area contributed by atoms with Gasteiger partial charge in [-0.05, 0) is 43.0 Å². The summed E-state index contributed by atoms with van der Waals surface area (Å²) in [6.45, 7) is 5.50. The number of benzene rings is 2. The van der Waals surface area contributed by atoms with Crippen LogP contribution in [0.15, 0.2) is 30.3 Å². The summed E-state index contributed by atoms with van der Waals surface area (Å²) in [5.41, 5.74) is 4.58. The summed E-state index contributed by atoms with van der Waals surface area (Å²) in [4.78, 5) is 12.2. The van der Waals surface area contributed by atoms with E-state index in [4.69, 9.17) is 4.74 Å². The Morgan fingerprint density at radius 1 is 1.00 bits per heavy atom. The van der Waals surface area contributed by atoms with Gasteiger partial charge in [0.15, 0.2) is 6.10 Å². The maximum Gasteiger partial charge on any atom is 0.339 e. The smallest absolute Gasteiger partial charge is 0.339 e. The molecule has 0 aliphatic carbocycles. The van der Waals surface area contributed by atoms with Gasteiger partial charge in [0.2, 0.25) is 0 Å². The van der Waals surface area contributed by atoms with E-state index < -0.39 is 6.10 Å². The Labute approximate surface area is 117 Å². The van der Waals surface area contributed by atoms with Crippen molar-refractivity contribution in [3.63, 3.8) is 0 Å². The van der Waals surface area contributed by atoms with Gasteiger partial charge in [-0.25, -0.2) is 4.79 Å². The van der Waals surface area contributed by atoms with Gasteiger partial charge >= 0.3 is 5.97 Å². The number of ether oxygens (including phenoxy) is 1. The summed E-state index contributed by atoms with van der Waals surface area (Å²) >= 11 is 0. The predicted octanol–water partition coefficient (Wildman–Crippen LogP) is 3.58. The lowest BCUT2D eigenvalue weighted by molar-refractivity contribution is 0.0455. The Balaban J connectivity index is 2.28. The molecule has 0 saturated heterocycles. The fourth-order valence-corrected chi connectivity index (χ4v) is 2.84. The standard InChI is InChI=1S/C17H16O3/c1-9-10(2)15(18)11(3)13-14(9)17(19)20-16(13)12-7-5-4-6-8-12/h4-8,16,18H,1-3H3. The zero-order valence-electron chi connectivity index (χ0n) is 11.7. The topological polar surface area (TPSA) is 46.5 Å². The number of rotatable bonds is 1. The summed E-state index contributed by atoms with van der Waals surface area (Å²) in [7, 11) is 0. The molecule has 1 atom stereocenters. The third kappa shape index (κ3) is 1.63. The van der Waals surface area contributed by atoms with Gasteiger partial charge in [-0.15, -0.1) is 0 Å². The summed E-state index contributed by atoms with van der Waals surface area (Å²) in [5, 5.41) is 10.2. The third-order valence-corrected chi connectivity index (χ3v) is 4.11. The molecule has 0 radical (unpaired) electrons. The second-order valence-electron chi connectivity index (χ2n) is 5.21. The highest BCUT2D eigenvalue weighted by Gasteiger charge is 2.37. The minimum atomic E-state index is -0.427. The van der Waals surface area contributed by atoms with Gasteiger partial charge in [-0.1, -0.05) is 30.3 Å². The average molecular weight is 268 g/mol. The minimum Gasteiger partial charge on any atom is -0.507 e. The molecule has 1 aliphatic rings. The Hall–Kier alpha value is -2.29. The summed E-state index contributed by atoms with van der Waals surface area (Å²) in [6.07, 6.45) is -0.427. The van der Waals surface area contributed by atoms with Gasteiger partial charge in [0.05, 0.1) is 5.56 Å². The number of hydrogen-bond donors (Lipinski definition) is 1. The fraction of sp³-hybridized carbons (Fsp3) is 0.235. The van der Waals surface area contributed by atoms with Gasteiger partial charge in [0, 0.05) is 5.56 Å². The molecule has 3 nitrogen and oxygen atoms in total. The monoisotopic (exact) mass is 268 g/mol. The molecule has 1 N–H and O–H groups in total. The predicted molar refractivity (Wildman–Crippen MR) is 76.0 cm³/mol. The SMILES string of the molecule is Cc1c(C)c2c(c(C)c1O)C(c1ccccc1)OC2=O. The second kappa shape index (κ2) is 4.37. The Bertz CT molecular complexity index is 702. The van der Waals surface area contributed by atoms with E-state index in [-0.39, 0.29) is 11.7 Å². The highest BCUT2D eigenvalue weighted by Crippen LogP contribution is 2.43. The van der Waals surface area contributed by atoms with Gasteiger partial charge in [0.25, 0.3) is 0 Å². The quantitative estimate of drug-likeness (QED) is 0.804. The summed E-state index contributed by atoms with van der Waals surface area (Å²) in [5.74, 6) is -0.0574. The molecule has 0 bridgehead atoms. The molecule has 20 heavy (non-hydrogen) atoms. The Kier molecular flexibility index (Phi) is 2.78. The molecule has 0 fully saturated rings. The van der Waals surface area contributed by atoms with Crippen LogP contribution in [0.2, 0.25) is 0 Å². The molecular formula is C17H16O3. The van der Waals surface area contributed by atoms with Crippen LogP contribution in [0, 0.1) is 20.8 Å². The van der Waals surface area contributed by atoms with Crippen LogP contribution in [0.1, 0.15) is 44.3 Å². The second-order valence-corrected chi connectivity index (χ2v) is 5.21. The molecule has 0 amide bonds. The first-order valence-electron chi connectivity index (χ1n) is 6.61. The molecular weight excluding hydrogens is 252 g/mol. The number of carbonyl (C=O) groups is 1. The van der Waals surface area contributed by atoms with Crippen LogP contribution in [0.5, 0.6) is 5.75 Å². The van der Waals surface area contributed by atoms with E-state index >= 15 is 0 Å². The van der Waals surface area contributed by atoms with E-state index in [0.29, 0.717) is 5.56 Å². The van der Waals surface area contributed by atoms with Crippen molar-refractivity contribution in [1.29, 1.82) is 0 Å². The lowest BCUT2D eigenvalue weighted by Gasteiger charge is -2.16. The highest BCUT2D eigenvalue weighted by atomic mass is 16.5. The van der Waals surface area contributed by atoms with E-state index in [0.717, 1.165) is 27.8 Å². The highest BCUT2D eigenvalue weighted by molar-refractivity contribution is 5.97. The molecule has 2 aromatic carbocycles. The van der Waals surface area contributed by atoms with Crippen LogP contribution in [-0.4, -0.2) is 11.1 Å². The molecule has 102 valence electrons. The normalized spacial score (nSPS) is 16.9. The summed E-state index contributed by atoms with van der Waals surface area (Å²) < 4.78 is 5.54. The van der Waals surface area contributed by atoms with E-state index in [1.54, 1.807) is 0 Å². The van der Waals surface area contributed by atoms with Crippen LogP contribution in [-0.2, 0) is 4.74 Å². The number of fused-ring (bicyclic) bond motifs is 1. The van der Waals surface area contributed by atoms with Crippen LogP contribution in [0.25, 0.3) is 0 Å². The lowest BCUT2D eigenvalue weighted by atomic mass is 9.89. The molecule has 0 aromatic heterocycles. The van der Waals surface area contributed by atoms with E-state index in [1.807, 2.05) is 51.1 Å². The van der Waals surface area contributed by atoms with E-state index in [9.17, 15) is 9.90 Å². The van der Waals surface area contributed by atoms with Crippen LogP contribution >= 0.6 is 0 Å². The first-order chi connectivity index (χ1) is 9.52. The van der Waals surface area contributed by atoms with Crippen molar-refractivity contribution in [3.05, 3.63) is 63.7 Å². The number of carbonyl (C=O) groups excluding carboxylic acids is 1. The molecule has 0 spiro atoms. The van der Waals surface area contributed by atoms with Gasteiger partial charge in [-0.2, -0.15) is 0 Å². The molecule has 3 heteroatoms. The van der Waals surface area contributed by atoms with Gasteiger partial charge < -0.3 is 9.84 Å². The largest absolute Gasteiger partial charge is 0.507 e. The fourth-order valence-electron chi connectivity index (χ4n) is 2.84. The maximum absolute atomic E-state index is 12.2.